The summed E-state index contributed by atoms with van der Waals surface area (Å²) >= 11 is 0. The molecule has 33 heavy (non-hydrogen) atoms. The lowest BCUT2D eigenvalue weighted by molar-refractivity contribution is 0.0473. The number of hydrogen-bond acceptors (Lipinski definition) is 8. The smallest absolute Gasteiger partial charge is 0.340 e. The molecule has 0 saturated heterocycles. The Balaban J connectivity index is 1.59. The Labute approximate surface area is 186 Å². The number of benzene rings is 1. The van der Waals surface area contributed by atoms with Crippen molar-refractivity contribution >= 4 is 23.2 Å². The number of ketones is 1. The second-order valence-electron chi connectivity index (χ2n) is 7.37. The van der Waals surface area contributed by atoms with Gasteiger partial charge in [-0.05, 0) is 24.6 Å². The average molecular weight is 448 g/mol. The summed E-state index contributed by atoms with van der Waals surface area (Å²) in [6.45, 7) is 1.07. The molecule has 0 bridgehead atoms. The molecule has 0 radical (unpaired) electrons. The molecule has 4 rings (SSSR count). The zero-order chi connectivity index (χ0) is 23.7. The van der Waals surface area contributed by atoms with Crippen LogP contribution >= 0.6 is 0 Å². The number of nitrogens with two attached hydrogens (primary N) is 1. The minimum atomic E-state index is -0.857. The van der Waals surface area contributed by atoms with E-state index in [1.807, 2.05) is 6.07 Å². The average Bonchev–Trinajstić information content (AvgIpc) is 3.19. The maximum absolute atomic E-state index is 12.8. The number of fused-ring (bicyclic) bond motifs is 1. The Morgan fingerprint density at radius 1 is 1.06 bits per heavy atom. The van der Waals surface area contributed by atoms with E-state index in [4.69, 9.17) is 10.5 Å². The van der Waals surface area contributed by atoms with Gasteiger partial charge >= 0.3 is 11.7 Å². The molecule has 0 amide bonds. The van der Waals surface area contributed by atoms with Crippen molar-refractivity contribution in [2.45, 2.75) is 13.5 Å². The van der Waals surface area contributed by atoms with Crippen LogP contribution in [0.3, 0.4) is 0 Å². The predicted octanol–water partition coefficient (Wildman–Crippen LogP) is 0.568. The zero-order valence-corrected chi connectivity index (χ0v) is 17.9. The van der Waals surface area contributed by atoms with Crippen LogP contribution in [0.15, 0.2) is 58.3 Å². The summed E-state index contributed by atoms with van der Waals surface area (Å²) in [6, 6.07) is 12.1. The van der Waals surface area contributed by atoms with Crippen molar-refractivity contribution in [2.24, 2.45) is 7.05 Å². The molecule has 4 aromatic rings. The lowest BCUT2D eigenvalue weighted by atomic mass is 10.2. The zero-order valence-electron chi connectivity index (χ0n) is 17.9. The van der Waals surface area contributed by atoms with E-state index in [-0.39, 0.29) is 17.9 Å². The summed E-state index contributed by atoms with van der Waals surface area (Å²) in [7, 11) is 1.26. The van der Waals surface area contributed by atoms with Crippen LogP contribution in [0, 0.1) is 6.92 Å². The number of Topliss-reactive ketones (excluding diaryl/α,β-unsaturated/α-hetero) is 1. The normalized spacial score (nSPS) is 11.0. The second-order valence-corrected chi connectivity index (χ2v) is 7.37. The molecule has 0 aliphatic heterocycles. The molecular weight excluding hydrogens is 428 g/mol. The van der Waals surface area contributed by atoms with Crippen LogP contribution in [0.2, 0.25) is 0 Å². The topological polar surface area (TPSA) is 144 Å². The number of aryl methyl sites for hydroxylation is 1. The number of ether oxygens (including phenoxy) is 1. The Morgan fingerprint density at radius 2 is 1.79 bits per heavy atom. The van der Waals surface area contributed by atoms with E-state index >= 15 is 0 Å². The molecule has 0 spiro atoms. The number of aromatic nitrogens is 5. The molecule has 0 aliphatic carbocycles. The summed E-state index contributed by atoms with van der Waals surface area (Å²) in [5, 5.41) is 7.84. The number of nitrogen functional groups attached to an aromatic ring is 1. The highest BCUT2D eigenvalue weighted by atomic mass is 16.5. The number of anilines is 1. The van der Waals surface area contributed by atoms with Crippen LogP contribution in [0.1, 0.15) is 32.1 Å². The van der Waals surface area contributed by atoms with Gasteiger partial charge in [0, 0.05) is 13.2 Å². The molecule has 11 heteroatoms. The summed E-state index contributed by atoms with van der Waals surface area (Å²) < 4.78 is 8.65. The number of carbonyl (C=O) groups is 2. The highest BCUT2D eigenvalue weighted by Crippen LogP contribution is 2.11. The van der Waals surface area contributed by atoms with Crippen LogP contribution in [0.5, 0.6) is 0 Å². The molecule has 3 aromatic heterocycles. The van der Waals surface area contributed by atoms with Crippen LogP contribution in [-0.2, 0) is 18.3 Å². The summed E-state index contributed by atoms with van der Waals surface area (Å²) in [5.74, 6) is -1.29. The third kappa shape index (κ3) is 4.03. The quantitative estimate of drug-likeness (QED) is 0.333. The van der Waals surface area contributed by atoms with Crippen LogP contribution < -0.4 is 17.0 Å². The molecule has 0 saturated carbocycles. The standard InChI is InChI=1S/C22H20N6O5/c1-13-24-25-17-9-8-15(11-27(13)17)21(31)33-12-16(29)18-19(23)28(22(32)26(2)20(18)30)10-14-6-4-3-5-7-14/h3-9,11H,10,12,23H2,1-2H3. The Kier molecular flexibility index (Phi) is 5.61. The first kappa shape index (κ1) is 21.7. The van der Waals surface area contributed by atoms with E-state index in [1.165, 1.54) is 19.3 Å². The maximum atomic E-state index is 12.8. The molecular formula is C22H20N6O5. The van der Waals surface area contributed by atoms with Gasteiger partial charge in [0.2, 0.25) is 5.78 Å². The summed E-state index contributed by atoms with van der Waals surface area (Å²) in [4.78, 5) is 50.5. The Hall–Kier alpha value is -4.54. The van der Waals surface area contributed by atoms with Gasteiger partial charge in [-0.3, -0.25) is 23.1 Å². The molecule has 3 heterocycles. The van der Waals surface area contributed by atoms with Gasteiger partial charge in [0.1, 0.15) is 17.2 Å². The van der Waals surface area contributed by atoms with Gasteiger partial charge in [0.25, 0.3) is 5.56 Å². The van der Waals surface area contributed by atoms with Gasteiger partial charge in [0.15, 0.2) is 12.3 Å². The van der Waals surface area contributed by atoms with Crippen molar-refractivity contribution in [3.05, 3.63) is 92.0 Å². The van der Waals surface area contributed by atoms with Gasteiger partial charge < -0.3 is 10.5 Å². The molecule has 0 aliphatic rings. The van der Waals surface area contributed by atoms with E-state index in [0.717, 1.165) is 14.7 Å². The fraction of sp³-hybridized carbons (Fsp3) is 0.182. The van der Waals surface area contributed by atoms with E-state index in [0.29, 0.717) is 11.5 Å². The Bertz CT molecular complexity index is 1500. The van der Waals surface area contributed by atoms with Crippen LogP contribution in [0.25, 0.3) is 5.65 Å². The van der Waals surface area contributed by atoms with Gasteiger partial charge in [-0.1, -0.05) is 30.3 Å². The number of pyridine rings is 1. The fourth-order valence-electron chi connectivity index (χ4n) is 3.38. The highest BCUT2D eigenvalue weighted by Gasteiger charge is 2.23. The number of carbonyl (C=O) groups excluding carboxylic acids is 2. The first-order valence-corrected chi connectivity index (χ1v) is 9.93. The first-order chi connectivity index (χ1) is 15.8. The monoisotopic (exact) mass is 448 g/mol. The molecule has 0 fully saturated rings. The first-order valence-electron chi connectivity index (χ1n) is 9.93. The van der Waals surface area contributed by atoms with Crippen molar-refractivity contribution in [1.29, 1.82) is 0 Å². The van der Waals surface area contributed by atoms with Gasteiger partial charge in [-0.15, -0.1) is 10.2 Å². The predicted molar refractivity (Wildman–Crippen MR) is 118 cm³/mol. The van der Waals surface area contributed by atoms with E-state index in [9.17, 15) is 19.2 Å². The maximum Gasteiger partial charge on any atom is 0.340 e. The largest absolute Gasteiger partial charge is 0.454 e. The molecule has 168 valence electrons. The van der Waals surface area contributed by atoms with Gasteiger partial charge in [-0.25, -0.2) is 9.59 Å². The summed E-state index contributed by atoms with van der Waals surface area (Å²) in [6.07, 6.45) is 1.49. The number of nitrogens with zero attached hydrogens (tertiary/aromatic N) is 5. The molecule has 2 N–H and O–H groups in total. The molecule has 1 aromatic carbocycles. The molecule has 0 atom stereocenters. The lowest BCUT2D eigenvalue weighted by Gasteiger charge is -2.14. The van der Waals surface area contributed by atoms with Crippen molar-refractivity contribution in [2.75, 3.05) is 12.3 Å². The minimum absolute atomic E-state index is 0.0675. The molecule has 11 nitrogen and oxygen atoms in total. The van der Waals surface area contributed by atoms with Crippen molar-refractivity contribution < 1.29 is 14.3 Å². The van der Waals surface area contributed by atoms with Crippen LogP contribution in [-0.4, -0.2) is 42.1 Å². The SMILES string of the molecule is Cc1nnc2ccc(C(=O)OCC(=O)c3c(N)n(Cc4ccccc4)c(=O)n(C)c3=O)cn12. The van der Waals surface area contributed by atoms with Crippen molar-refractivity contribution in [1.82, 2.24) is 23.7 Å². The number of rotatable bonds is 6. The van der Waals surface area contributed by atoms with E-state index < -0.39 is 35.2 Å². The third-order valence-electron chi connectivity index (χ3n) is 5.19. The molecule has 0 unspecified atom stereocenters. The van der Waals surface area contributed by atoms with Crippen LogP contribution in [0.4, 0.5) is 5.82 Å². The van der Waals surface area contributed by atoms with Gasteiger partial charge in [0.05, 0.1) is 12.1 Å². The third-order valence-corrected chi connectivity index (χ3v) is 5.19. The number of hydrogen-bond donors (Lipinski definition) is 1. The Morgan fingerprint density at radius 3 is 2.52 bits per heavy atom. The van der Waals surface area contributed by atoms with E-state index in [1.54, 1.807) is 41.7 Å². The van der Waals surface area contributed by atoms with Crippen molar-refractivity contribution in [3.8, 4) is 0 Å². The van der Waals surface area contributed by atoms with Gasteiger partial charge in [-0.2, -0.15) is 0 Å². The fourth-order valence-corrected chi connectivity index (χ4v) is 3.38. The highest BCUT2D eigenvalue weighted by molar-refractivity contribution is 6.02. The number of esters is 1. The van der Waals surface area contributed by atoms with E-state index in [2.05, 4.69) is 10.2 Å². The lowest BCUT2D eigenvalue weighted by Crippen LogP contribution is -2.43. The summed E-state index contributed by atoms with van der Waals surface area (Å²) in [5.41, 5.74) is 5.62. The minimum Gasteiger partial charge on any atom is -0.454 e. The van der Waals surface area contributed by atoms with Crippen molar-refractivity contribution in [3.63, 3.8) is 0 Å². The second kappa shape index (κ2) is 8.54.